The molecule has 196 valence electrons. The average molecular weight is 519 g/mol. The van der Waals surface area contributed by atoms with E-state index in [0.29, 0.717) is 23.8 Å². The van der Waals surface area contributed by atoms with E-state index in [4.69, 9.17) is 4.98 Å². The van der Waals surface area contributed by atoms with E-state index in [1.165, 1.54) is 0 Å². The summed E-state index contributed by atoms with van der Waals surface area (Å²) in [6.07, 6.45) is 6.93. The standard InChI is InChI=1S/C30H30N8O/c1-5-19-10-20(12-22(11-19)33-26(39)9-17(2)3)21-13-23-27(36-37-29(23)31-14-21)30-34-24-7-6-8-25(28(24)35-30)38-15-18(4)32-16-38/h6-8,10-17H,5,9H2,1-4H3,(H,33,39)(H,34,35)(H,31,36,37). The van der Waals surface area contributed by atoms with Crippen molar-refractivity contribution in [1.82, 2.24) is 34.7 Å². The summed E-state index contributed by atoms with van der Waals surface area (Å²) in [5, 5.41) is 11.5. The van der Waals surface area contributed by atoms with Crippen LogP contribution in [-0.4, -0.2) is 40.6 Å². The smallest absolute Gasteiger partial charge is 0.224 e. The Labute approximate surface area is 225 Å². The molecule has 0 aliphatic carbocycles. The Hall–Kier alpha value is -4.79. The van der Waals surface area contributed by atoms with Crippen molar-refractivity contribution in [1.29, 1.82) is 0 Å². The number of aromatic amines is 2. The zero-order valence-corrected chi connectivity index (χ0v) is 22.4. The topological polar surface area (TPSA) is 117 Å². The van der Waals surface area contributed by atoms with Gasteiger partial charge in [0, 0.05) is 30.1 Å². The molecule has 0 spiro atoms. The first-order chi connectivity index (χ1) is 18.9. The number of pyridine rings is 1. The van der Waals surface area contributed by atoms with E-state index < -0.39 is 0 Å². The fourth-order valence-electron chi connectivity index (χ4n) is 4.85. The van der Waals surface area contributed by atoms with Gasteiger partial charge < -0.3 is 14.9 Å². The van der Waals surface area contributed by atoms with Crippen molar-refractivity contribution in [3.8, 4) is 28.3 Å². The van der Waals surface area contributed by atoms with Crippen LogP contribution in [0.3, 0.4) is 0 Å². The highest BCUT2D eigenvalue weighted by Gasteiger charge is 2.17. The first kappa shape index (κ1) is 24.5. The molecule has 0 atom stereocenters. The van der Waals surface area contributed by atoms with Crippen molar-refractivity contribution < 1.29 is 4.79 Å². The van der Waals surface area contributed by atoms with Crippen LogP contribution in [-0.2, 0) is 11.2 Å². The molecule has 9 heteroatoms. The largest absolute Gasteiger partial charge is 0.337 e. The lowest BCUT2D eigenvalue weighted by atomic mass is 10.0. The number of amides is 1. The highest BCUT2D eigenvalue weighted by molar-refractivity contribution is 5.95. The fraction of sp³-hybridized carbons (Fsp3) is 0.233. The van der Waals surface area contributed by atoms with Crippen molar-refractivity contribution in [2.75, 3.05) is 5.32 Å². The van der Waals surface area contributed by atoms with Crippen LogP contribution in [0.15, 0.2) is 61.2 Å². The number of carbonyl (C=O) groups is 1. The molecule has 6 rings (SSSR count). The van der Waals surface area contributed by atoms with Gasteiger partial charge in [-0.1, -0.05) is 32.9 Å². The Morgan fingerprint density at radius 1 is 1.10 bits per heavy atom. The summed E-state index contributed by atoms with van der Waals surface area (Å²) in [6.45, 7) is 8.15. The SMILES string of the molecule is CCc1cc(NC(=O)CC(C)C)cc(-c2cnc3n[nH]c(-c4nc5c(-n6cnc(C)c6)cccc5[nH]4)c3c2)c1. The molecule has 0 bridgehead atoms. The number of rotatable bonds is 7. The first-order valence-corrected chi connectivity index (χ1v) is 13.2. The van der Waals surface area contributed by atoms with Crippen LogP contribution in [0.25, 0.3) is 50.4 Å². The van der Waals surface area contributed by atoms with Gasteiger partial charge in [-0.2, -0.15) is 5.10 Å². The number of benzene rings is 2. The number of imidazole rings is 2. The van der Waals surface area contributed by atoms with Crippen molar-refractivity contribution in [3.05, 3.63) is 72.4 Å². The molecule has 4 aromatic heterocycles. The molecule has 2 aromatic carbocycles. The summed E-state index contributed by atoms with van der Waals surface area (Å²) >= 11 is 0. The maximum Gasteiger partial charge on any atom is 0.224 e. The molecular formula is C30H30N8O. The third-order valence-electron chi connectivity index (χ3n) is 6.74. The molecule has 4 heterocycles. The van der Waals surface area contributed by atoms with Crippen LogP contribution in [0, 0.1) is 12.8 Å². The lowest BCUT2D eigenvalue weighted by molar-refractivity contribution is -0.116. The van der Waals surface area contributed by atoms with Crippen molar-refractivity contribution in [2.24, 2.45) is 5.92 Å². The molecule has 1 amide bonds. The summed E-state index contributed by atoms with van der Waals surface area (Å²) in [7, 11) is 0. The van der Waals surface area contributed by atoms with Gasteiger partial charge in [-0.25, -0.2) is 15.0 Å². The average Bonchev–Trinajstić information content (AvgIpc) is 3.64. The molecule has 0 radical (unpaired) electrons. The molecule has 39 heavy (non-hydrogen) atoms. The van der Waals surface area contributed by atoms with E-state index >= 15 is 0 Å². The highest BCUT2D eigenvalue weighted by atomic mass is 16.1. The molecule has 0 unspecified atom stereocenters. The number of anilines is 1. The van der Waals surface area contributed by atoms with E-state index in [2.05, 4.69) is 49.5 Å². The molecular weight excluding hydrogens is 488 g/mol. The predicted molar refractivity (Wildman–Crippen MR) is 154 cm³/mol. The second-order valence-electron chi connectivity index (χ2n) is 10.3. The number of fused-ring (bicyclic) bond motifs is 2. The van der Waals surface area contributed by atoms with Gasteiger partial charge in [0.05, 0.1) is 28.6 Å². The van der Waals surface area contributed by atoms with Gasteiger partial charge in [0.15, 0.2) is 11.5 Å². The fourth-order valence-corrected chi connectivity index (χ4v) is 4.85. The molecule has 0 saturated heterocycles. The minimum atomic E-state index is 0.0185. The lowest BCUT2D eigenvalue weighted by Gasteiger charge is -2.11. The quantitative estimate of drug-likeness (QED) is 0.232. The number of nitrogens with one attached hydrogen (secondary N) is 3. The maximum absolute atomic E-state index is 12.5. The van der Waals surface area contributed by atoms with Gasteiger partial charge in [0.25, 0.3) is 0 Å². The van der Waals surface area contributed by atoms with E-state index in [0.717, 1.165) is 62.3 Å². The monoisotopic (exact) mass is 518 g/mol. The van der Waals surface area contributed by atoms with E-state index in [9.17, 15) is 4.79 Å². The number of carbonyl (C=O) groups excluding carboxylic acids is 1. The second-order valence-corrected chi connectivity index (χ2v) is 10.3. The number of hydrogen-bond donors (Lipinski definition) is 3. The molecule has 6 aromatic rings. The number of H-pyrrole nitrogens is 2. The van der Waals surface area contributed by atoms with Gasteiger partial charge in [-0.15, -0.1) is 0 Å². The van der Waals surface area contributed by atoms with E-state index in [-0.39, 0.29) is 5.91 Å². The van der Waals surface area contributed by atoms with Gasteiger partial charge in [-0.05, 0) is 60.7 Å². The normalized spacial score (nSPS) is 11.6. The maximum atomic E-state index is 12.5. The van der Waals surface area contributed by atoms with Crippen LogP contribution in [0.2, 0.25) is 0 Å². The third-order valence-corrected chi connectivity index (χ3v) is 6.74. The van der Waals surface area contributed by atoms with E-state index in [1.54, 1.807) is 6.33 Å². The summed E-state index contributed by atoms with van der Waals surface area (Å²) in [5.41, 5.74) is 8.87. The number of nitrogens with zero attached hydrogens (tertiary/aromatic N) is 5. The molecule has 0 fully saturated rings. The molecule has 3 N–H and O–H groups in total. The van der Waals surface area contributed by atoms with Gasteiger partial charge in [0.1, 0.15) is 11.2 Å². The predicted octanol–water partition coefficient (Wildman–Crippen LogP) is 6.21. The zero-order valence-electron chi connectivity index (χ0n) is 22.4. The Balaban J connectivity index is 1.41. The first-order valence-electron chi connectivity index (χ1n) is 13.2. The van der Waals surface area contributed by atoms with Crippen LogP contribution in [0.1, 0.15) is 38.4 Å². The summed E-state index contributed by atoms with van der Waals surface area (Å²) < 4.78 is 1.98. The summed E-state index contributed by atoms with van der Waals surface area (Å²) in [5.74, 6) is 0.994. The lowest BCUT2D eigenvalue weighted by Crippen LogP contribution is -2.14. The molecule has 0 aliphatic heterocycles. The number of aromatic nitrogens is 7. The third kappa shape index (κ3) is 4.79. The van der Waals surface area contributed by atoms with Crippen LogP contribution < -0.4 is 5.32 Å². The number of aryl methyl sites for hydroxylation is 2. The van der Waals surface area contributed by atoms with Gasteiger partial charge in [-0.3, -0.25) is 9.89 Å². The minimum Gasteiger partial charge on any atom is -0.337 e. The summed E-state index contributed by atoms with van der Waals surface area (Å²) in [4.78, 5) is 29.8. The Morgan fingerprint density at radius 3 is 2.74 bits per heavy atom. The molecule has 0 aliphatic rings. The van der Waals surface area contributed by atoms with Crippen molar-refractivity contribution in [2.45, 2.75) is 40.5 Å². The Morgan fingerprint density at radius 2 is 1.97 bits per heavy atom. The van der Waals surface area contributed by atoms with Gasteiger partial charge >= 0.3 is 0 Å². The van der Waals surface area contributed by atoms with Crippen LogP contribution >= 0.6 is 0 Å². The van der Waals surface area contributed by atoms with Crippen molar-refractivity contribution in [3.63, 3.8) is 0 Å². The van der Waals surface area contributed by atoms with E-state index in [1.807, 2.05) is 68.1 Å². The van der Waals surface area contributed by atoms with Crippen LogP contribution in [0.5, 0.6) is 0 Å². The number of hydrogen-bond acceptors (Lipinski definition) is 5. The Bertz CT molecular complexity index is 1820. The molecule has 9 nitrogen and oxygen atoms in total. The van der Waals surface area contributed by atoms with Crippen LogP contribution in [0.4, 0.5) is 5.69 Å². The minimum absolute atomic E-state index is 0.0185. The number of para-hydroxylation sites is 1. The second kappa shape index (κ2) is 9.83. The highest BCUT2D eigenvalue weighted by Crippen LogP contribution is 2.32. The zero-order chi connectivity index (χ0) is 27.1. The summed E-state index contributed by atoms with van der Waals surface area (Å²) in [6, 6.07) is 14.3. The van der Waals surface area contributed by atoms with Crippen molar-refractivity contribution >= 4 is 33.7 Å². The molecule has 0 saturated carbocycles. The van der Waals surface area contributed by atoms with Gasteiger partial charge in [0.2, 0.25) is 5.91 Å². The Kier molecular flexibility index (Phi) is 6.18.